The normalized spacial score (nSPS) is 27.2. The summed E-state index contributed by atoms with van der Waals surface area (Å²) in [5, 5.41) is 0. The van der Waals surface area contributed by atoms with Crippen LogP contribution in [0.1, 0.15) is 24.0 Å². The fourth-order valence-corrected chi connectivity index (χ4v) is 2.44. The highest BCUT2D eigenvalue weighted by atomic mass is 35.5. The molecular weight excluding hydrogens is 168 g/mol. The molecule has 0 nitrogen and oxygen atoms in total. The van der Waals surface area contributed by atoms with Gasteiger partial charge in [0.1, 0.15) is 0 Å². The fraction of sp³-hybridized carbons (Fsp3) is 0.455. The monoisotopic (exact) mass is 180 g/mol. The van der Waals surface area contributed by atoms with Crippen LogP contribution in [0.3, 0.4) is 0 Å². The SMILES string of the molecule is CC1c2ccccc2CC1CCl. The van der Waals surface area contributed by atoms with E-state index in [1.165, 1.54) is 17.5 Å². The Bertz CT molecular complexity index is 280. The molecule has 0 bridgehead atoms. The van der Waals surface area contributed by atoms with E-state index in [1.54, 1.807) is 0 Å². The van der Waals surface area contributed by atoms with Gasteiger partial charge in [0.2, 0.25) is 0 Å². The van der Waals surface area contributed by atoms with Crippen molar-refractivity contribution in [2.24, 2.45) is 5.92 Å². The quantitative estimate of drug-likeness (QED) is 0.583. The van der Waals surface area contributed by atoms with E-state index in [0.29, 0.717) is 11.8 Å². The van der Waals surface area contributed by atoms with E-state index in [0.717, 1.165) is 5.88 Å². The van der Waals surface area contributed by atoms with Gasteiger partial charge in [-0.25, -0.2) is 0 Å². The zero-order chi connectivity index (χ0) is 8.55. The lowest BCUT2D eigenvalue weighted by atomic mass is 9.96. The molecule has 0 saturated carbocycles. The summed E-state index contributed by atoms with van der Waals surface area (Å²) in [7, 11) is 0. The number of benzene rings is 1. The zero-order valence-corrected chi connectivity index (χ0v) is 8.01. The second-order valence-corrected chi connectivity index (χ2v) is 3.91. The van der Waals surface area contributed by atoms with E-state index in [-0.39, 0.29) is 0 Å². The van der Waals surface area contributed by atoms with Gasteiger partial charge in [0.15, 0.2) is 0 Å². The van der Waals surface area contributed by atoms with Crippen molar-refractivity contribution >= 4 is 11.6 Å². The van der Waals surface area contributed by atoms with Crippen LogP contribution in [-0.4, -0.2) is 5.88 Å². The van der Waals surface area contributed by atoms with E-state index < -0.39 is 0 Å². The number of rotatable bonds is 1. The molecule has 1 aliphatic rings. The molecule has 1 heteroatoms. The van der Waals surface area contributed by atoms with Crippen LogP contribution in [0.25, 0.3) is 0 Å². The second kappa shape index (κ2) is 3.10. The van der Waals surface area contributed by atoms with Gasteiger partial charge in [0, 0.05) is 5.88 Å². The minimum Gasteiger partial charge on any atom is -0.126 e. The van der Waals surface area contributed by atoms with Gasteiger partial charge in [0.05, 0.1) is 0 Å². The molecule has 12 heavy (non-hydrogen) atoms. The Kier molecular flexibility index (Phi) is 2.10. The third-order valence-electron chi connectivity index (χ3n) is 2.93. The zero-order valence-electron chi connectivity index (χ0n) is 7.26. The molecule has 0 N–H and O–H groups in total. The highest BCUT2D eigenvalue weighted by Crippen LogP contribution is 2.37. The van der Waals surface area contributed by atoms with Crippen molar-refractivity contribution in [2.75, 3.05) is 5.88 Å². The molecule has 2 unspecified atom stereocenters. The lowest BCUT2D eigenvalue weighted by Crippen LogP contribution is -2.05. The van der Waals surface area contributed by atoms with Crippen LogP contribution in [0.2, 0.25) is 0 Å². The number of halogens is 1. The van der Waals surface area contributed by atoms with Crippen LogP contribution in [0.15, 0.2) is 24.3 Å². The van der Waals surface area contributed by atoms with Crippen molar-refractivity contribution in [1.82, 2.24) is 0 Å². The highest BCUT2D eigenvalue weighted by molar-refractivity contribution is 6.18. The van der Waals surface area contributed by atoms with Crippen LogP contribution < -0.4 is 0 Å². The van der Waals surface area contributed by atoms with Crippen molar-refractivity contribution in [1.29, 1.82) is 0 Å². The minimum absolute atomic E-state index is 0.652. The van der Waals surface area contributed by atoms with E-state index in [2.05, 4.69) is 31.2 Å². The molecular formula is C11H13Cl. The maximum Gasteiger partial charge on any atom is 0.0260 e. The molecule has 0 aliphatic heterocycles. The molecule has 64 valence electrons. The minimum atomic E-state index is 0.652. The van der Waals surface area contributed by atoms with E-state index in [9.17, 15) is 0 Å². The first kappa shape index (κ1) is 8.12. The van der Waals surface area contributed by atoms with E-state index >= 15 is 0 Å². The van der Waals surface area contributed by atoms with Crippen LogP contribution in [0.4, 0.5) is 0 Å². The first-order chi connectivity index (χ1) is 5.83. The van der Waals surface area contributed by atoms with Gasteiger partial charge in [0.25, 0.3) is 0 Å². The van der Waals surface area contributed by atoms with Crippen LogP contribution in [0.5, 0.6) is 0 Å². The Morgan fingerprint density at radius 2 is 2.17 bits per heavy atom. The average Bonchev–Trinajstić information content (AvgIpc) is 2.44. The van der Waals surface area contributed by atoms with Gasteiger partial charge in [-0.15, -0.1) is 11.6 Å². The summed E-state index contributed by atoms with van der Waals surface area (Å²) in [6.07, 6.45) is 1.17. The fourth-order valence-electron chi connectivity index (χ4n) is 2.07. The van der Waals surface area contributed by atoms with Gasteiger partial charge in [-0.3, -0.25) is 0 Å². The molecule has 1 aromatic rings. The van der Waals surface area contributed by atoms with E-state index in [4.69, 9.17) is 11.6 Å². The molecule has 0 fully saturated rings. The maximum atomic E-state index is 5.89. The first-order valence-corrected chi connectivity index (χ1v) is 5.00. The largest absolute Gasteiger partial charge is 0.126 e. The molecule has 0 heterocycles. The van der Waals surface area contributed by atoms with Gasteiger partial charge in [-0.05, 0) is 29.4 Å². The predicted octanol–water partition coefficient (Wildman–Crippen LogP) is 3.20. The van der Waals surface area contributed by atoms with Crippen LogP contribution >= 0.6 is 11.6 Å². The van der Waals surface area contributed by atoms with Crippen molar-refractivity contribution in [3.8, 4) is 0 Å². The maximum absolute atomic E-state index is 5.89. The summed E-state index contributed by atoms with van der Waals surface area (Å²) >= 11 is 5.89. The lowest BCUT2D eigenvalue weighted by molar-refractivity contribution is 0.538. The molecule has 0 amide bonds. The third-order valence-corrected chi connectivity index (χ3v) is 3.33. The molecule has 1 aromatic carbocycles. The molecule has 2 atom stereocenters. The average molecular weight is 181 g/mol. The number of fused-ring (bicyclic) bond motifs is 1. The Labute approximate surface area is 78.6 Å². The number of hydrogen-bond donors (Lipinski definition) is 0. The standard InChI is InChI=1S/C11H13Cl/c1-8-10(7-12)6-9-4-2-3-5-11(8)9/h2-5,8,10H,6-7H2,1H3. The Morgan fingerprint density at radius 1 is 1.42 bits per heavy atom. The lowest BCUT2D eigenvalue weighted by Gasteiger charge is -2.11. The Morgan fingerprint density at radius 3 is 2.83 bits per heavy atom. The number of hydrogen-bond acceptors (Lipinski definition) is 0. The van der Waals surface area contributed by atoms with E-state index in [1.807, 2.05) is 0 Å². The molecule has 1 aliphatic carbocycles. The summed E-state index contributed by atoms with van der Waals surface area (Å²) in [5.74, 6) is 2.10. The molecule has 2 rings (SSSR count). The Hall–Kier alpha value is -0.490. The second-order valence-electron chi connectivity index (χ2n) is 3.61. The Balaban J connectivity index is 2.35. The number of alkyl halides is 1. The van der Waals surface area contributed by atoms with Crippen LogP contribution in [-0.2, 0) is 6.42 Å². The van der Waals surface area contributed by atoms with Crippen molar-refractivity contribution in [3.63, 3.8) is 0 Å². The summed E-state index contributed by atoms with van der Waals surface area (Å²) in [6, 6.07) is 8.68. The third kappa shape index (κ3) is 1.15. The van der Waals surface area contributed by atoms with Crippen molar-refractivity contribution in [3.05, 3.63) is 35.4 Å². The molecule has 0 spiro atoms. The van der Waals surface area contributed by atoms with Gasteiger partial charge < -0.3 is 0 Å². The van der Waals surface area contributed by atoms with Crippen molar-refractivity contribution < 1.29 is 0 Å². The predicted molar refractivity (Wildman–Crippen MR) is 52.8 cm³/mol. The molecule has 0 saturated heterocycles. The van der Waals surface area contributed by atoms with Gasteiger partial charge in [-0.2, -0.15) is 0 Å². The van der Waals surface area contributed by atoms with Crippen molar-refractivity contribution in [2.45, 2.75) is 19.3 Å². The highest BCUT2D eigenvalue weighted by Gasteiger charge is 2.27. The summed E-state index contributed by atoms with van der Waals surface area (Å²) in [5.41, 5.74) is 3.00. The molecule has 0 aromatic heterocycles. The molecule has 0 radical (unpaired) electrons. The summed E-state index contributed by atoms with van der Waals surface area (Å²) in [4.78, 5) is 0. The first-order valence-electron chi connectivity index (χ1n) is 4.46. The topological polar surface area (TPSA) is 0 Å². The summed E-state index contributed by atoms with van der Waals surface area (Å²) in [6.45, 7) is 2.28. The smallest absolute Gasteiger partial charge is 0.0260 e. The van der Waals surface area contributed by atoms with Crippen LogP contribution in [0, 0.1) is 5.92 Å². The van der Waals surface area contributed by atoms with Gasteiger partial charge >= 0.3 is 0 Å². The van der Waals surface area contributed by atoms with Gasteiger partial charge in [-0.1, -0.05) is 31.2 Å². The summed E-state index contributed by atoms with van der Waals surface area (Å²) < 4.78 is 0.